The number of hydrogen-bond donors (Lipinski definition) is 1. The lowest BCUT2D eigenvalue weighted by molar-refractivity contribution is 0.0710. The molecule has 4 aromatic rings. The van der Waals surface area contributed by atoms with Gasteiger partial charge in [0.15, 0.2) is 5.58 Å². The number of pyridine rings is 2. The van der Waals surface area contributed by atoms with Crippen molar-refractivity contribution in [3.05, 3.63) is 72.8 Å². The minimum atomic E-state index is -0.0315. The quantitative estimate of drug-likeness (QED) is 0.537. The summed E-state index contributed by atoms with van der Waals surface area (Å²) < 4.78 is 5.79. The lowest BCUT2D eigenvalue weighted by Crippen LogP contribution is -2.43. The van der Waals surface area contributed by atoms with E-state index < -0.39 is 0 Å². The van der Waals surface area contributed by atoms with Gasteiger partial charge >= 0.3 is 0 Å². The van der Waals surface area contributed by atoms with Crippen LogP contribution in [0.4, 0.5) is 6.01 Å². The van der Waals surface area contributed by atoms with Gasteiger partial charge in [-0.3, -0.25) is 14.8 Å². The molecule has 1 aliphatic carbocycles. The first-order valence-corrected chi connectivity index (χ1v) is 10.5. The molecule has 1 amide bonds. The van der Waals surface area contributed by atoms with E-state index >= 15 is 0 Å². The summed E-state index contributed by atoms with van der Waals surface area (Å²) in [5.41, 5.74) is 3.76. The van der Waals surface area contributed by atoms with Crippen molar-refractivity contribution in [3.63, 3.8) is 0 Å². The Morgan fingerprint density at radius 3 is 2.90 bits per heavy atom. The van der Waals surface area contributed by atoms with Crippen molar-refractivity contribution in [2.75, 3.05) is 18.4 Å². The van der Waals surface area contributed by atoms with E-state index in [0.717, 1.165) is 28.8 Å². The number of hydrogen-bond acceptors (Lipinski definition) is 6. The number of amides is 1. The Morgan fingerprint density at radius 2 is 2.03 bits per heavy atom. The Kier molecular flexibility index (Phi) is 4.19. The Bertz CT molecular complexity index is 1220. The van der Waals surface area contributed by atoms with Gasteiger partial charge in [-0.15, -0.1) is 0 Å². The number of benzene rings is 1. The predicted octanol–water partition coefficient (Wildman–Crippen LogP) is 3.86. The second-order valence-corrected chi connectivity index (χ2v) is 8.19. The van der Waals surface area contributed by atoms with Crippen molar-refractivity contribution in [1.82, 2.24) is 19.9 Å². The second kappa shape index (κ2) is 7.19. The topological polar surface area (TPSA) is 84.2 Å². The second-order valence-electron chi connectivity index (χ2n) is 8.19. The summed E-state index contributed by atoms with van der Waals surface area (Å²) in [4.78, 5) is 28.7. The molecule has 2 aliphatic rings. The fourth-order valence-electron chi connectivity index (χ4n) is 4.67. The van der Waals surface area contributed by atoms with E-state index in [2.05, 4.69) is 20.3 Å². The molecule has 1 aliphatic heterocycles. The molecule has 1 saturated carbocycles. The molecule has 0 unspecified atom stereocenters. The molecule has 7 nitrogen and oxygen atoms in total. The highest BCUT2D eigenvalue weighted by molar-refractivity contribution is 5.99. The average Bonchev–Trinajstić information content (AvgIpc) is 3.31. The van der Waals surface area contributed by atoms with Crippen LogP contribution in [0.5, 0.6) is 0 Å². The highest BCUT2D eigenvalue weighted by atomic mass is 16.4. The molecule has 1 saturated heterocycles. The fraction of sp³-hybridized carbons (Fsp3) is 0.250. The lowest BCUT2D eigenvalue weighted by Gasteiger charge is -2.28. The Labute approximate surface area is 179 Å². The van der Waals surface area contributed by atoms with Crippen LogP contribution in [0.2, 0.25) is 0 Å². The minimum absolute atomic E-state index is 0.0315. The van der Waals surface area contributed by atoms with Crippen LogP contribution in [0, 0.1) is 11.8 Å². The summed E-state index contributed by atoms with van der Waals surface area (Å²) >= 11 is 0. The van der Waals surface area contributed by atoms with Crippen LogP contribution in [0.25, 0.3) is 22.2 Å². The van der Waals surface area contributed by atoms with Crippen LogP contribution in [-0.2, 0) is 0 Å². The lowest BCUT2D eigenvalue weighted by atomic mass is 10.0. The average molecular weight is 411 g/mol. The Morgan fingerprint density at radius 1 is 1.13 bits per heavy atom. The van der Waals surface area contributed by atoms with Crippen LogP contribution in [0.1, 0.15) is 16.9 Å². The highest BCUT2D eigenvalue weighted by Crippen LogP contribution is 2.50. The number of likely N-dealkylation sites (tertiary alicyclic amines) is 1. The van der Waals surface area contributed by atoms with Crippen LogP contribution >= 0.6 is 0 Å². The van der Waals surface area contributed by atoms with Gasteiger partial charge in [0.25, 0.3) is 11.9 Å². The minimum Gasteiger partial charge on any atom is -0.424 e. The third-order valence-corrected chi connectivity index (χ3v) is 6.30. The number of carbonyl (C=O) groups is 1. The number of carbonyl (C=O) groups excluding carboxylic acids is 1. The molecule has 1 aromatic carbocycles. The van der Waals surface area contributed by atoms with Crippen LogP contribution in [0.15, 0.2) is 71.5 Å². The van der Waals surface area contributed by atoms with Crippen LogP contribution in [-0.4, -0.2) is 44.9 Å². The van der Waals surface area contributed by atoms with Crippen molar-refractivity contribution in [1.29, 1.82) is 0 Å². The van der Waals surface area contributed by atoms with E-state index in [0.29, 0.717) is 30.1 Å². The standard InChI is InChI=1S/C24H21N5O2/c30-23(22-17(6-4-10-26-22)15-5-3-9-25-12-15)29-14-16-11-18(16)20(29)13-27-24-28-19-7-1-2-8-21(19)31-24/h1-10,12,16,18,20H,11,13-14H2,(H,27,28)/t16-,18-,20-/m1/s1. The van der Waals surface area contributed by atoms with E-state index in [9.17, 15) is 4.79 Å². The number of para-hydroxylation sites is 2. The zero-order chi connectivity index (χ0) is 20.8. The summed E-state index contributed by atoms with van der Waals surface area (Å²) in [7, 11) is 0. The normalized spacial score (nSPS) is 21.8. The van der Waals surface area contributed by atoms with Gasteiger partial charge in [0, 0.05) is 42.8 Å². The maximum Gasteiger partial charge on any atom is 0.295 e. The van der Waals surface area contributed by atoms with Gasteiger partial charge in [-0.2, -0.15) is 4.98 Å². The molecule has 6 rings (SSSR count). The molecule has 0 spiro atoms. The number of oxazole rings is 1. The van der Waals surface area contributed by atoms with E-state index in [4.69, 9.17) is 4.42 Å². The summed E-state index contributed by atoms with van der Waals surface area (Å²) in [6.45, 7) is 1.38. The number of rotatable bonds is 5. The zero-order valence-corrected chi connectivity index (χ0v) is 16.8. The van der Waals surface area contributed by atoms with Gasteiger partial charge in [0.2, 0.25) is 0 Å². The molecule has 3 atom stereocenters. The van der Waals surface area contributed by atoms with Gasteiger partial charge in [0.1, 0.15) is 11.2 Å². The number of nitrogens with zero attached hydrogens (tertiary/aromatic N) is 4. The van der Waals surface area contributed by atoms with Crippen molar-refractivity contribution >= 4 is 23.0 Å². The molecular weight excluding hydrogens is 390 g/mol. The van der Waals surface area contributed by atoms with Crippen molar-refractivity contribution in [2.24, 2.45) is 11.8 Å². The number of fused-ring (bicyclic) bond motifs is 2. The number of anilines is 1. The molecule has 3 aromatic heterocycles. The zero-order valence-electron chi connectivity index (χ0n) is 16.8. The third kappa shape index (κ3) is 3.22. The SMILES string of the molecule is O=C(c1ncccc1-c1cccnc1)N1C[C@H]2C[C@H]2[C@H]1CNc1nc2ccccc2o1. The fourth-order valence-corrected chi connectivity index (χ4v) is 4.67. The summed E-state index contributed by atoms with van der Waals surface area (Å²) in [5.74, 6) is 1.06. The molecule has 31 heavy (non-hydrogen) atoms. The maximum absolute atomic E-state index is 13.5. The van der Waals surface area contributed by atoms with Gasteiger partial charge in [-0.25, -0.2) is 0 Å². The van der Waals surface area contributed by atoms with E-state index in [-0.39, 0.29) is 11.9 Å². The molecule has 0 radical (unpaired) electrons. The van der Waals surface area contributed by atoms with Crippen molar-refractivity contribution in [2.45, 2.75) is 12.5 Å². The monoisotopic (exact) mass is 411 g/mol. The van der Waals surface area contributed by atoms with Gasteiger partial charge in [-0.05, 0) is 42.5 Å². The summed E-state index contributed by atoms with van der Waals surface area (Å²) in [6.07, 6.45) is 6.33. The molecule has 1 N–H and O–H groups in total. The predicted molar refractivity (Wildman–Crippen MR) is 116 cm³/mol. The third-order valence-electron chi connectivity index (χ3n) is 6.30. The van der Waals surface area contributed by atoms with Gasteiger partial charge < -0.3 is 14.6 Å². The van der Waals surface area contributed by atoms with E-state index in [1.807, 2.05) is 53.4 Å². The first-order valence-electron chi connectivity index (χ1n) is 10.5. The summed E-state index contributed by atoms with van der Waals surface area (Å²) in [5, 5.41) is 3.31. The molecule has 7 heteroatoms. The van der Waals surface area contributed by atoms with Gasteiger partial charge in [-0.1, -0.05) is 24.3 Å². The van der Waals surface area contributed by atoms with Gasteiger partial charge in [0.05, 0.1) is 6.04 Å². The largest absolute Gasteiger partial charge is 0.424 e. The van der Waals surface area contributed by atoms with E-state index in [1.54, 1.807) is 18.6 Å². The molecule has 154 valence electrons. The van der Waals surface area contributed by atoms with Crippen LogP contribution in [0.3, 0.4) is 0 Å². The van der Waals surface area contributed by atoms with E-state index in [1.165, 1.54) is 6.42 Å². The highest BCUT2D eigenvalue weighted by Gasteiger charge is 2.54. The van der Waals surface area contributed by atoms with Crippen LogP contribution < -0.4 is 5.32 Å². The molecule has 0 bridgehead atoms. The number of piperidine rings is 1. The smallest absolute Gasteiger partial charge is 0.295 e. The number of nitrogens with one attached hydrogen (secondary N) is 1. The van der Waals surface area contributed by atoms with Crippen molar-refractivity contribution in [3.8, 4) is 11.1 Å². The molecule has 2 fully saturated rings. The summed E-state index contributed by atoms with van der Waals surface area (Å²) in [6, 6.07) is 15.9. The number of aromatic nitrogens is 3. The Hall–Kier alpha value is -3.74. The molecule has 4 heterocycles. The maximum atomic E-state index is 13.5. The van der Waals surface area contributed by atoms with Crippen molar-refractivity contribution < 1.29 is 9.21 Å². The molecular formula is C24H21N5O2. The first-order chi connectivity index (χ1) is 15.3. The Balaban J connectivity index is 1.24. The first kappa shape index (κ1) is 18.1.